The molecule has 0 spiro atoms. The van der Waals surface area contributed by atoms with Crippen LogP contribution in [0.3, 0.4) is 0 Å². The SMILES string of the molecule is Br.C.CCS.CCc1ccc(C(=O)c2ccc(C(c3ccc(C(C)(C)C)cc3)c3ccc(C(c4ccc(C)cc4)c4ccc(C(c5ccccc5)c5ccc(C)[nH]5)[nH]4)[nH]3)[nH]2)cc1.CCc1ccc(C(=O)c2ccc(C(c3ccc(C(C)(C)C)cc3)c3ccc[nH]3)[nH]2)cc1.Cc1ccc(C(=O)c2ccc(C(c3ccccc3)c3ccc(C)[nH]3)[nH]2)cc1.Cc1ccc(C(O)c2ccc(C(c3ccccc3)c3ccc(C)[nH]3)[nH]2)cc1. The van der Waals surface area contributed by atoms with Crippen molar-refractivity contribution in [1.29, 1.82) is 0 Å². The minimum Gasteiger partial charge on any atom is -0.382 e. The van der Waals surface area contributed by atoms with Crippen LogP contribution in [0.5, 0.6) is 0 Å². The zero-order valence-corrected chi connectivity index (χ0v) is 88.7. The number of hydrogen-bond acceptors (Lipinski definition) is 5. The lowest BCUT2D eigenvalue weighted by Crippen LogP contribution is -2.12. The molecule has 0 bridgehead atoms. The molecular formula is C131H139BrN10O4S. The molecule has 10 aromatic heterocycles. The normalized spacial score (nSPS) is 12.7. The lowest BCUT2D eigenvalue weighted by atomic mass is 9.84. The fourth-order valence-electron chi connectivity index (χ4n) is 19.1. The van der Waals surface area contributed by atoms with Gasteiger partial charge in [-0.25, -0.2) is 0 Å². The van der Waals surface area contributed by atoms with E-state index in [0.717, 1.165) is 126 Å². The van der Waals surface area contributed by atoms with Crippen LogP contribution in [-0.2, 0) is 23.7 Å². The summed E-state index contributed by atoms with van der Waals surface area (Å²) in [6.45, 7) is 32.0. The molecule has 0 aliphatic heterocycles. The molecule has 10 aromatic carbocycles. The topological polar surface area (TPSA) is 229 Å². The van der Waals surface area contributed by atoms with Gasteiger partial charge in [0.1, 0.15) is 6.10 Å². The van der Waals surface area contributed by atoms with Crippen LogP contribution < -0.4 is 0 Å². The Morgan fingerprint density at radius 1 is 0.259 bits per heavy atom. The molecule has 147 heavy (non-hydrogen) atoms. The number of halogens is 1. The van der Waals surface area contributed by atoms with E-state index in [2.05, 4.69) is 357 Å². The maximum absolute atomic E-state index is 13.7. The maximum atomic E-state index is 13.7. The first-order chi connectivity index (χ1) is 70.1. The van der Waals surface area contributed by atoms with Crippen molar-refractivity contribution >= 4 is 47.0 Å². The highest BCUT2D eigenvalue weighted by Crippen LogP contribution is 2.42. The highest BCUT2D eigenvalue weighted by Gasteiger charge is 2.32. The summed E-state index contributed by atoms with van der Waals surface area (Å²) in [7, 11) is 0. The third-order valence-electron chi connectivity index (χ3n) is 27.2. The molecule has 750 valence electrons. The number of aryl methyl sites for hydroxylation is 8. The van der Waals surface area contributed by atoms with Crippen molar-refractivity contribution in [3.8, 4) is 0 Å². The van der Waals surface area contributed by atoms with Crippen LogP contribution in [0.1, 0.15) is 328 Å². The Labute approximate surface area is 883 Å². The second-order valence-electron chi connectivity index (χ2n) is 40.1. The summed E-state index contributed by atoms with van der Waals surface area (Å²) >= 11 is 3.79. The van der Waals surface area contributed by atoms with E-state index in [1.807, 2.05) is 198 Å². The van der Waals surface area contributed by atoms with Crippen molar-refractivity contribution in [2.45, 2.75) is 177 Å². The summed E-state index contributed by atoms with van der Waals surface area (Å²) in [5.74, 6) is 0.854. The minimum atomic E-state index is -0.666. The second-order valence-corrected chi connectivity index (χ2v) is 40.7. The first-order valence-corrected chi connectivity index (χ1v) is 51.1. The van der Waals surface area contributed by atoms with Gasteiger partial charge in [0.05, 0.1) is 52.6 Å². The van der Waals surface area contributed by atoms with Crippen LogP contribution >= 0.6 is 29.6 Å². The Morgan fingerprint density at radius 3 is 0.762 bits per heavy atom. The monoisotopic (exact) mass is 2030 g/mol. The average molecular weight is 2030 g/mol. The smallest absolute Gasteiger partial charge is 0.209 e. The molecule has 10 heterocycles. The first kappa shape index (κ1) is 108. The quantitative estimate of drug-likeness (QED) is 0.0170. The van der Waals surface area contributed by atoms with E-state index in [-0.39, 0.29) is 88.1 Å². The first-order valence-electron chi connectivity index (χ1n) is 50.5. The zero-order valence-electron chi connectivity index (χ0n) is 86.1. The van der Waals surface area contributed by atoms with Crippen LogP contribution in [0.15, 0.2) is 388 Å². The molecule has 7 atom stereocenters. The summed E-state index contributed by atoms with van der Waals surface area (Å²) in [4.78, 5) is 75.1. The molecule has 0 saturated carbocycles. The van der Waals surface area contributed by atoms with Crippen molar-refractivity contribution in [2.75, 3.05) is 5.75 Å². The number of nitrogens with one attached hydrogen (secondary N) is 10. The highest BCUT2D eigenvalue weighted by molar-refractivity contribution is 8.93. The third kappa shape index (κ3) is 26.4. The van der Waals surface area contributed by atoms with Crippen LogP contribution in [-0.4, -0.2) is 78.0 Å². The molecule has 0 aliphatic carbocycles. The van der Waals surface area contributed by atoms with Gasteiger partial charge in [0.25, 0.3) is 0 Å². The fourth-order valence-corrected chi connectivity index (χ4v) is 19.1. The number of hydrogen-bond donors (Lipinski definition) is 12. The lowest BCUT2D eigenvalue weighted by molar-refractivity contribution is 0.102. The Bertz CT molecular complexity index is 7540. The van der Waals surface area contributed by atoms with Gasteiger partial charge in [0, 0.05) is 114 Å². The van der Waals surface area contributed by atoms with Crippen LogP contribution in [0.25, 0.3) is 0 Å². The largest absolute Gasteiger partial charge is 0.382 e. The molecule has 11 N–H and O–H groups in total. The average Bonchev–Trinajstić information content (AvgIpc) is 1.63. The van der Waals surface area contributed by atoms with E-state index in [1.165, 1.54) is 61.2 Å². The van der Waals surface area contributed by atoms with E-state index in [0.29, 0.717) is 33.8 Å². The summed E-state index contributed by atoms with van der Waals surface area (Å²) in [6.07, 6.45) is 3.18. The molecule has 14 nitrogen and oxygen atoms in total. The van der Waals surface area contributed by atoms with Gasteiger partial charge in [-0.15, -0.1) is 17.0 Å². The number of rotatable bonds is 28. The number of benzene rings is 10. The van der Waals surface area contributed by atoms with E-state index in [4.69, 9.17) is 0 Å². The standard InChI is InChI=1S/C52H52N4O.C28H30N2O.C24H24N2O.C24H22N2O.C2H6S.CH4.BrH/c1-7-35-16-20-39(21-17-35)51(57)47-32-31-46(56-47)50(38-22-24-40(25-23-38)52(4,5)6)45-30-29-44(55-45)49(37-18-13-33(2)14-19-37)43-28-27-42(54-43)48(36-11-9-8-10-12-36)41-26-15-34(3)53-41;1-5-19-8-10-21(11-9-19)27(31)25-17-16-24(30-25)26(23-7-6-18-29-23)20-12-14-22(15-13-20)28(2,3)4;2*1-16-8-11-19(12-9-16)24(27)22-15-14-21(26-22)23(18-6-4-3-5-7-18)20-13-10-17(2)25-20;1-2-3;;/h8-32,48-50,53-56H,7H2,1-6H3;6-18,26,29-30H,5H2,1-4H3;3-15,23-27H,1-2H3;3-15,23,25-26H,1-2H3;3H,2H2,1H3;1H4;1H. The van der Waals surface area contributed by atoms with Crippen molar-refractivity contribution in [1.82, 2.24) is 49.8 Å². The van der Waals surface area contributed by atoms with Crippen molar-refractivity contribution in [3.05, 3.63) is 591 Å². The molecule has 0 fully saturated rings. The van der Waals surface area contributed by atoms with E-state index >= 15 is 0 Å². The molecule has 7 unspecified atom stereocenters. The lowest BCUT2D eigenvalue weighted by Gasteiger charge is -2.22. The van der Waals surface area contributed by atoms with Crippen LogP contribution in [0.2, 0.25) is 0 Å². The number of H-pyrrole nitrogens is 10. The molecular weight excluding hydrogens is 1890 g/mol. The van der Waals surface area contributed by atoms with Crippen LogP contribution in [0, 0.1) is 41.5 Å². The molecule has 0 saturated heterocycles. The summed E-state index contributed by atoms with van der Waals surface area (Å²) in [6, 6.07) is 131. The summed E-state index contributed by atoms with van der Waals surface area (Å²) < 4.78 is 0. The Kier molecular flexibility index (Phi) is 35.9. The summed E-state index contributed by atoms with van der Waals surface area (Å²) in [5.41, 5.74) is 37.7. The van der Waals surface area contributed by atoms with Crippen molar-refractivity contribution in [3.63, 3.8) is 0 Å². The Balaban J connectivity index is 0.000000162. The number of aliphatic hydroxyl groups excluding tert-OH is 1. The number of aromatic nitrogens is 10. The van der Waals surface area contributed by atoms with Gasteiger partial charge < -0.3 is 54.9 Å². The van der Waals surface area contributed by atoms with Gasteiger partial charge in [0.2, 0.25) is 17.3 Å². The third-order valence-corrected chi connectivity index (χ3v) is 27.2. The number of thiol groups is 1. The maximum Gasteiger partial charge on any atom is 0.209 e. The number of carbonyl (C=O) groups excluding carboxylic acids is 3. The van der Waals surface area contributed by atoms with Gasteiger partial charge in [-0.05, 0) is 253 Å². The van der Waals surface area contributed by atoms with Gasteiger partial charge in [-0.1, -0.05) is 347 Å². The fraction of sp³-hybridized carbons (Fsp3) is 0.214. The van der Waals surface area contributed by atoms with Gasteiger partial charge in [-0.2, -0.15) is 12.6 Å². The van der Waals surface area contributed by atoms with Gasteiger partial charge in [0.15, 0.2) is 0 Å². The zero-order chi connectivity index (χ0) is 102. The molecule has 0 aliphatic rings. The molecule has 20 rings (SSSR count). The number of aliphatic hydroxyl groups is 1. The van der Waals surface area contributed by atoms with E-state index in [9.17, 15) is 19.5 Å². The number of carbonyl (C=O) groups is 3. The molecule has 20 aromatic rings. The van der Waals surface area contributed by atoms with Gasteiger partial charge in [-0.3, -0.25) is 14.4 Å². The summed E-state index contributed by atoms with van der Waals surface area (Å²) in [5, 5.41) is 10.8. The van der Waals surface area contributed by atoms with Crippen molar-refractivity contribution in [2.24, 2.45) is 0 Å². The molecule has 16 heteroatoms. The second kappa shape index (κ2) is 49.1. The van der Waals surface area contributed by atoms with Crippen LogP contribution in [0.4, 0.5) is 0 Å². The van der Waals surface area contributed by atoms with Gasteiger partial charge >= 0.3 is 0 Å². The highest BCUT2D eigenvalue weighted by atomic mass is 79.9. The van der Waals surface area contributed by atoms with E-state index < -0.39 is 6.10 Å². The minimum absolute atomic E-state index is 0. The predicted octanol–water partition coefficient (Wildman–Crippen LogP) is 31.6. The van der Waals surface area contributed by atoms with Crippen molar-refractivity contribution < 1.29 is 19.5 Å². The predicted molar refractivity (Wildman–Crippen MR) is 614 cm³/mol. The Hall–Kier alpha value is -15.2. The number of ketones is 3. The number of aromatic amines is 10. The molecule has 0 amide bonds. The Morgan fingerprint density at radius 2 is 0.490 bits per heavy atom. The molecule has 0 radical (unpaired) electrons. The van der Waals surface area contributed by atoms with E-state index in [1.54, 1.807) is 0 Å².